The molecule has 21 heavy (non-hydrogen) atoms. The maximum atomic E-state index is 11.9. The minimum absolute atomic E-state index is 0.00289. The highest BCUT2D eigenvalue weighted by molar-refractivity contribution is 7.09. The number of rotatable bonds is 4. The number of carbonyl (C=O) groups excluding carboxylic acids is 1. The van der Waals surface area contributed by atoms with E-state index in [1.54, 1.807) is 6.92 Å². The number of carboxylic acids is 1. The summed E-state index contributed by atoms with van der Waals surface area (Å²) in [6, 6.07) is -0.644. The Labute approximate surface area is 126 Å². The van der Waals surface area contributed by atoms with Crippen LogP contribution in [0.1, 0.15) is 28.5 Å². The normalized spacial score (nSPS) is 18.2. The molecule has 0 bridgehead atoms. The first kappa shape index (κ1) is 15.7. The van der Waals surface area contributed by atoms with Crippen LogP contribution in [0.15, 0.2) is 5.38 Å². The first-order chi connectivity index (χ1) is 9.95. The van der Waals surface area contributed by atoms with Gasteiger partial charge in [-0.25, -0.2) is 19.6 Å². The van der Waals surface area contributed by atoms with Gasteiger partial charge in [0.2, 0.25) is 0 Å². The summed E-state index contributed by atoms with van der Waals surface area (Å²) in [7, 11) is 2.04. The molecule has 0 spiro atoms. The number of urea groups is 1. The number of likely N-dealkylation sites (N-methyl/N-ethyl adjacent to an activating group) is 1. The van der Waals surface area contributed by atoms with Crippen molar-refractivity contribution in [3.63, 3.8) is 0 Å². The Hall–Kier alpha value is -1.71. The molecule has 8 nitrogen and oxygen atoms in total. The molecule has 0 aromatic carbocycles. The molecule has 1 aliphatic rings. The highest BCUT2D eigenvalue weighted by Crippen LogP contribution is 2.17. The number of piperazine rings is 1. The smallest absolute Gasteiger partial charge is 0.355 e. The fourth-order valence-corrected chi connectivity index (χ4v) is 2.74. The van der Waals surface area contributed by atoms with Gasteiger partial charge in [0, 0.05) is 31.6 Å². The molecule has 1 aliphatic heterocycles. The van der Waals surface area contributed by atoms with Crippen LogP contribution in [0.5, 0.6) is 0 Å². The van der Waals surface area contributed by atoms with Gasteiger partial charge < -0.3 is 15.3 Å². The molecular weight excluding hydrogens is 294 g/mol. The number of nitrogens with one attached hydrogen (secondary N) is 2. The minimum atomic E-state index is -1.06. The zero-order chi connectivity index (χ0) is 15.4. The van der Waals surface area contributed by atoms with Crippen LogP contribution in [-0.4, -0.2) is 65.2 Å². The zero-order valence-corrected chi connectivity index (χ0v) is 12.8. The Morgan fingerprint density at radius 1 is 1.38 bits per heavy atom. The molecule has 2 amide bonds. The van der Waals surface area contributed by atoms with Crippen molar-refractivity contribution in [3.05, 3.63) is 16.1 Å². The van der Waals surface area contributed by atoms with Gasteiger partial charge in [0.15, 0.2) is 5.69 Å². The maximum absolute atomic E-state index is 11.9. The molecule has 1 aromatic rings. The highest BCUT2D eigenvalue weighted by Gasteiger charge is 2.19. The van der Waals surface area contributed by atoms with Crippen LogP contribution in [-0.2, 0) is 0 Å². The molecule has 1 fully saturated rings. The largest absolute Gasteiger partial charge is 0.476 e. The van der Waals surface area contributed by atoms with E-state index >= 15 is 0 Å². The number of amides is 2. The lowest BCUT2D eigenvalue weighted by Gasteiger charge is -2.32. The molecule has 0 saturated carbocycles. The van der Waals surface area contributed by atoms with E-state index in [1.807, 2.05) is 12.1 Å². The van der Waals surface area contributed by atoms with Gasteiger partial charge in [-0.15, -0.1) is 11.3 Å². The number of aromatic nitrogens is 1. The van der Waals surface area contributed by atoms with Crippen molar-refractivity contribution < 1.29 is 14.7 Å². The summed E-state index contributed by atoms with van der Waals surface area (Å²) in [6.07, 6.45) is 0. The fourth-order valence-electron chi connectivity index (χ4n) is 1.94. The molecule has 1 unspecified atom stereocenters. The monoisotopic (exact) mass is 313 g/mol. The summed E-state index contributed by atoms with van der Waals surface area (Å²) in [5.41, 5.74) is 2.79. The molecule has 9 heteroatoms. The van der Waals surface area contributed by atoms with Crippen molar-refractivity contribution in [2.45, 2.75) is 13.0 Å². The molecule has 0 aliphatic carbocycles. The summed E-state index contributed by atoms with van der Waals surface area (Å²) in [5, 5.41) is 15.5. The van der Waals surface area contributed by atoms with Gasteiger partial charge in [-0.2, -0.15) is 0 Å². The second kappa shape index (κ2) is 6.83. The van der Waals surface area contributed by atoms with Crippen LogP contribution in [0.2, 0.25) is 0 Å². The highest BCUT2D eigenvalue weighted by atomic mass is 32.1. The number of carboxylic acid groups (broad SMARTS) is 1. The summed E-state index contributed by atoms with van der Waals surface area (Å²) in [4.78, 5) is 28.9. The quantitative estimate of drug-likeness (QED) is 0.743. The lowest BCUT2D eigenvalue weighted by molar-refractivity contribution is 0.0691. The second-order valence-electron chi connectivity index (χ2n) is 4.97. The third-order valence-corrected chi connectivity index (χ3v) is 4.25. The van der Waals surface area contributed by atoms with Gasteiger partial charge in [0.1, 0.15) is 5.01 Å². The van der Waals surface area contributed by atoms with Crippen molar-refractivity contribution in [2.24, 2.45) is 0 Å². The Kier molecular flexibility index (Phi) is 5.10. The summed E-state index contributed by atoms with van der Waals surface area (Å²) < 4.78 is 0. The van der Waals surface area contributed by atoms with Gasteiger partial charge in [-0.1, -0.05) is 0 Å². The molecule has 0 radical (unpaired) electrons. The van der Waals surface area contributed by atoms with Crippen LogP contribution in [0.25, 0.3) is 0 Å². The SMILES string of the molecule is CC(NC(=O)NN1CCN(C)CC1)c1nc(C(=O)O)cs1. The molecule has 3 N–H and O–H groups in total. The zero-order valence-electron chi connectivity index (χ0n) is 12.0. The lowest BCUT2D eigenvalue weighted by Crippen LogP contribution is -2.55. The summed E-state index contributed by atoms with van der Waals surface area (Å²) in [5.74, 6) is -1.06. The average Bonchev–Trinajstić information content (AvgIpc) is 2.91. The molecule has 1 aromatic heterocycles. The summed E-state index contributed by atoms with van der Waals surface area (Å²) >= 11 is 1.22. The molecule has 1 saturated heterocycles. The predicted molar refractivity (Wildman–Crippen MR) is 78.2 cm³/mol. The average molecular weight is 313 g/mol. The van der Waals surface area contributed by atoms with Crippen LogP contribution in [0, 0.1) is 0 Å². The van der Waals surface area contributed by atoms with Crippen LogP contribution < -0.4 is 10.7 Å². The van der Waals surface area contributed by atoms with E-state index in [4.69, 9.17) is 5.11 Å². The first-order valence-corrected chi connectivity index (χ1v) is 7.53. The third-order valence-electron chi connectivity index (χ3n) is 3.22. The lowest BCUT2D eigenvalue weighted by atomic mass is 10.3. The molecule has 2 rings (SSSR count). The van der Waals surface area contributed by atoms with Crippen molar-refractivity contribution in [2.75, 3.05) is 33.2 Å². The van der Waals surface area contributed by atoms with Crippen molar-refractivity contribution >= 4 is 23.3 Å². The minimum Gasteiger partial charge on any atom is -0.476 e. The van der Waals surface area contributed by atoms with Crippen molar-refractivity contribution in [1.29, 1.82) is 0 Å². The van der Waals surface area contributed by atoms with Gasteiger partial charge in [-0.3, -0.25) is 5.43 Å². The van der Waals surface area contributed by atoms with Gasteiger partial charge in [0.05, 0.1) is 6.04 Å². The van der Waals surface area contributed by atoms with Crippen LogP contribution >= 0.6 is 11.3 Å². The number of carbonyl (C=O) groups is 2. The number of nitrogens with zero attached hydrogens (tertiary/aromatic N) is 3. The fraction of sp³-hybridized carbons (Fsp3) is 0.583. The number of hydrogen-bond acceptors (Lipinski definition) is 6. The van der Waals surface area contributed by atoms with E-state index in [1.165, 1.54) is 16.7 Å². The maximum Gasteiger partial charge on any atom is 0.355 e. The van der Waals surface area contributed by atoms with E-state index in [0.717, 1.165) is 26.2 Å². The van der Waals surface area contributed by atoms with Crippen molar-refractivity contribution in [1.82, 2.24) is 25.6 Å². The number of hydrazine groups is 1. The van der Waals surface area contributed by atoms with Crippen LogP contribution in [0.4, 0.5) is 4.79 Å². The second-order valence-corrected chi connectivity index (χ2v) is 5.86. The third kappa shape index (κ3) is 4.38. The number of hydrogen-bond donors (Lipinski definition) is 3. The molecule has 2 heterocycles. The Morgan fingerprint density at radius 3 is 2.62 bits per heavy atom. The first-order valence-electron chi connectivity index (χ1n) is 6.65. The van der Waals surface area contributed by atoms with Crippen molar-refractivity contribution in [3.8, 4) is 0 Å². The van der Waals surface area contributed by atoms with E-state index in [0.29, 0.717) is 5.01 Å². The predicted octanol–water partition coefficient (Wildman–Crippen LogP) is 0.364. The van der Waals surface area contributed by atoms with Gasteiger partial charge in [0.25, 0.3) is 0 Å². The summed E-state index contributed by atoms with van der Waals surface area (Å²) in [6.45, 7) is 5.14. The van der Waals surface area contributed by atoms with E-state index in [-0.39, 0.29) is 17.8 Å². The van der Waals surface area contributed by atoms with E-state index in [2.05, 4.69) is 20.6 Å². The number of thiazole rings is 1. The number of aromatic carboxylic acids is 1. The standard InChI is InChI=1S/C12H19N5O3S/c1-8(10-14-9(7-21-10)11(18)19)13-12(20)15-17-5-3-16(2)4-6-17/h7-8H,3-6H2,1-2H3,(H,18,19)(H2,13,15,20). The molecule has 116 valence electrons. The Balaban J connectivity index is 1.82. The topological polar surface area (TPSA) is 97.8 Å². The molecular formula is C12H19N5O3S. The van der Waals surface area contributed by atoms with Gasteiger partial charge >= 0.3 is 12.0 Å². The Bertz CT molecular complexity index is 513. The van der Waals surface area contributed by atoms with Crippen LogP contribution in [0.3, 0.4) is 0 Å². The Morgan fingerprint density at radius 2 is 2.05 bits per heavy atom. The van der Waals surface area contributed by atoms with E-state index in [9.17, 15) is 9.59 Å². The molecule has 1 atom stereocenters. The van der Waals surface area contributed by atoms with Gasteiger partial charge in [-0.05, 0) is 14.0 Å². The van der Waals surface area contributed by atoms with E-state index < -0.39 is 5.97 Å².